The van der Waals surface area contributed by atoms with Gasteiger partial charge in [0.15, 0.2) is 0 Å². The molecule has 0 atom stereocenters. The number of hydrogen-bond donors (Lipinski definition) is 0. The van der Waals surface area contributed by atoms with E-state index in [4.69, 9.17) is 0 Å². The van der Waals surface area contributed by atoms with Gasteiger partial charge in [-0.05, 0) is 42.8 Å². The summed E-state index contributed by atoms with van der Waals surface area (Å²) in [4.78, 5) is 0. The first-order chi connectivity index (χ1) is 24.7. The largest absolute Gasteiger partial charge is 1.00 e. The minimum absolute atomic E-state index is 0. The molecular formula is C48H54B2N2. The molecule has 0 unspecified atom stereocenters. The van der Waals surface area contributed by atoms with Gasteiger partial charge in [-0.3, -0.25) is 4.48 Å². The van der Waals surface area contributed by atoms with E-state index in [1.165, 1.54) is 44.0 Å². The van der Waals surface area contributed by atoms with Gasteiger partial charge in [-0.2, -0.15) is 21.9 Å². The molecule has 0 N–H and O–H groups in total. The molecule has 52 heavy (non-hydrogen) atoms. The van der Waals surface area contributed by atoms with E-state index in [-0.39, 0.29) is 8.41 Å². The summed E-state index contributed by atoms with van der Waals surface area (Å²) in [6.07, 6.45) is -1.22. The number of nitrogens with zero attached hydrogens (tertiary/aromatic N) is 2. The molecule has 7 rings (SSSR count). The zero-order valence-electron chi connectivity index (χ0n) is 31.9. The Balaban J connectivity index is 0.000000205. The molecule has 0 saturated heterocycles. The third kappa shape index (κ3) is 9.19. The molecule has 7 aromatic rings. The minimum Gasteiger partial charge on any atom is -1.00 e. The summed E-state index contributed by atoms with van der Waals surface area (Å²) in [6, 6.07) is 69.8. The van der Waals surface area contributed by atoms with E-state index in [1.54, 1.807) is 0 Å². The lowest BCUT2D eigenvalue weighted by Crippen LogP contribution is -2.74. The van der Waals surface area contributed by atoms with Gasteiger partial charge in [0.25, 0.3) is 0 Å². The first-order valence-electron chi connectivity index (χ1n) is 18.3. The first-order valence-corrected chi connectivity index (χ1v) is 18.3. The second-order valence-corrected chi connectivity index (χ2v) is 14.7. The fourth-order valence-corrected chi connectivity index (χ4v) is 7.38. The maximum atomic E-state index is 2.34. The second-order valence-electron chi connectivity index (χ2n) is 14.7. The molecule has 7 aromatic carbocycles. The number of para-hydroxylation sites is 1. The van der Waals surface area contributed by atoms with Crippen LogP contribution in [0.2, 0.25) is 0 Å². The molecule has 4 radical (unpaired) electrons. The van der Waals surface area contributed by atoms with Gasteiger partial charge in [0.2, 0.25) is 0 Å². The van der Waals surface area contributed by atoms with Crippen molar-refractivity contribution in [3.63, 3.8) is 0 Å². The monoisotopic (exact) mass is 680 g/mol. The summed E-state index contributed by atoms with van der Waals surface area (Å²) in [5, 5.41) is 2.62. The summed E-state index contributed by atoms with van der Waals surface area (Å²) < 4.78 is 1.89. The van der Waals surface area contributed by atoms with E-state index >= 15 is 0 Å². The van der Waals surface area contributed by atoms with Crippen molar-refractivity contribution in [3.8, 4) is 0 Å². The van der Waals surface area contributed by atoms with E-state index in [2.05, 4.69) is 236 Å². The van der Waals surface area contributed by atoms with Crippen molar-refractivity contribution in [1.29, 1.82) is 0 Å². The lowest BCUT2D eigenvalue weighted by molar-refractivity contribution is -0.849. The molecule has 2 nitrogen and oxygen atoms in total. The van der Waals surface area contributed by atoms with Crippen molar-refractivity contribution in [2.75, 3.05) is 41.3 Å². The summed E-state index contributed by atoms with van der Waals surface area (Å²) in [7, 11) is 8.50. The van der Waals surface area contributed by atoms with Crippen molar-refractivity contribution in [3.05, 3.63) is 194 Å². The van der Waals surface area contributed by atoms with Crippen LogP contribution in [0, 0.1) is 0 Å². The van der Waals surface area contributed by atoms with Gasteiger partial charge >= 0.3 is 0 Å². The first kappa shape index (κ1) is 39.6. The normalized spacial score (nSPS) is 11.3. The molecule has 0 aliphatic carbocycles. The summed E-state index contributed by atoms with van der Waals surface area (Å²) in [5.74, 6) is 0. The van der Waals surface area contributed by atoms with E-state index in [0.29, 0.717) is 0 Å². The number of benzene rings is 7. The van der Waals surface area contributed by atoms with E-state index < -0.39 is 6.15 Å². The third-order valence-corrected chi connectivity index (χ3v) is 9.76. The van der Waals surface area contributed by atoms with Gasteiger partial charge in [0.1, 0.15) is 17.5 Å². The lowest BCUT2D eigenvalue weighted by Gasteiger charge is -2.44. The zero-order chi connectivity index (χ0) is 36.2. The van der Waals surface area contributed by atoms with Crippen LogP contribution in [0.25, 0.3) is 10.8 Å². The minimum atomic E-state index is -1.22. The highest BCUT2D eigenvalue weighted by atomic mass is 15.4. The van der Waals surface area contributed by atoms with Gasteiger partial charge in [0, 0.05) is 12.1 Å². The highest BCUT2D eigenvalue weighted by Crippen LogP contribution is 2.35. The summed E-state index contributed by atoms with van der Waals surface area (Å²) in [5.41, 5.74) is 8.08. The Morgan fingerprint density at radius 3 is 1.02 bits per heavy atom. The van der Waals surface area contributed by atoms with Gasteiger partial charge in [-0.15, -0.1) is 0 Å². The quantitative estimate of drug-likeness (QED) is 0.112. The number of quaternary nitrogens is 2. The van der Waals surface area contributed by atoms with Crippen LogP contribution in [0.3, 0.4) is 0 Å². The smallest absolute Gasteiger partial charge is 0.138 e. The topological polar surface area (TPSA) is 0 Å². The average Bonchev–Trinajstić information content (AvgIpc) is 3.18. The van der Waals surface area contributed by atoms with Crippen molar-refractivity contribution in [1.82, 2.24) is 4.48 Å². The summed E-state index contributed by atoms with van der Waals surface area (Å²) >= 11 is 0. The van der Waals surface area contributed by atoms with Gasteiger partial charge in [0.05, 0.1) is 41.3 Å². The SMILES string of the molecule is CC[N+](CC)(c1ccccc1)c1ccc2ccccc2c1.C[N+](C)(C)C.[B-].c1ccc([B-](c2ccccc2)(c2ccccc2)c2ccccc2)cc1. The summed E-state index contributed by atoms with van der Waals surface area (Å²) in [6.45, 7) is 6.65. The Bertz CT molecular complexity index is 1870. The lowest BCUT2D eigenvalue weighted by atomic mass is 9.13. The van der Waals surface area contributed by atoms with Crippen molar-refractivity contribution in [2.24, 2.45) is 0 Å². The average molecular weight is 681 g/mol. The molecule has 0 bridgehead atoms. The Morgan fingerprint density at radius 2 is 0.673 bits per heavy atom. The van der Waals surface area contributed by atoms with Crippen LogP contribution in [-0.4, -0.2) is 60.3 Å². The highest BCUT2D eigenvalue weighted by molar-refractivity contribution is 7.19. The van der Waals surface area contributed by atoms with Crippen molar-refractivity contribution >= 4 is 58.6 Å². The predicted molar refractivity (Wildman–Crippen MR) is 233 cm³/mol. The maximum Gasteiger partial charge on any atom is 0.138 e. The zero-order valence-corrected chi connectivity index (χ0v) is 31.9. The molecule has 0 aliphatic rings. The van der Waals surface area contributed by atoms with E-state index in [9.17, 15) is 0 Å². The number of rotatable bonds is 8. The maximum absolute atomic E-state index is 2.34. The van der Waals surface area contributed by atoms with Gasteiger partial charge in [-0.1, -0.05) is 164 Å². The van der Waals surface area contributed by atoms with E-state index in [0.717, 1.165) is 22.1 Å². The van der Waals surface area contributed by atoms with Crippen LogP contribution >= 0.6 is 0 Å². The molecule has 0 spiro atoms. The van der Waals surface area contributed by atoms with E-state index in [1.807, 2.05) is 0 Å². The van der Waals surface area contributed by atoms with Crippen molar-refractivity contribution in [2.45, 2.75) is 13.8 Å². The molecule has 0 amide bonds. The molecule has 4 heteroatoms. The molecule has 262 valence electrons. The van der Waals surface area contributed by atoms with Gasteiger partial charge in [-0.25, -0.2) is 0 Å². The predicted octanol–water partition coefficient (Wildman–Crippen LogP) is 8.52. The van der Waals surface area contributed by atoms with Crippen molar-refractivity contribution < 1.29 is 4.48 Å². The Hall–Kier alpha value is -5.15. The molecule has 0 fully saturated rings. The molecule has 0 aromatic heterocycles. The highest BCUT2D eigenvalue weighted by Gasteiger charge is 2.31. The van der Waals surface area contributed by atoms with Crippen LogP contribution in [0.1, 0.15) is 13.8 Å². The van der Waals surface area contributed by atoms with Crippen LogP contribution in [-0.2, 0) is 0 Å². The Labute approximate surface area is 315 Å². The number of fused-ring (bicyclic) bond motifs is 1. The molecule has 0 saturated carbocycles. The third-order valence-electron chi connectivity index (χ3n) is 9.76. The van der Waals surface area contributed by atoms with Crippen LogP contribution in [0.15, 0.2) is 194 Å². The van der Waals surface area contributed by atoms with Gasteiger partial charge < -0.3 is 12.9 Å². The second kappa shape index (κ2) is 18.4. The molecule has 0 heterocycles. The standard InChI is InChI=1S/C24H20B.C20H22N.C4H12N.B/c1-5-13-21(14-6-1)25(22-15-7-2-8-16-22,23-17-9-3-10-18-23)24-19-11-4-12-20-24;1-3-21(4-2,19-12-6-5-7-13-19)20-15-14-17-10-8-9-11-18(17)16-20;1-5(2,3)4;/h1-20H;5-16H,3-4H2,1-2H3;1-4H3;/q-1;2*+1;-1. The Morgan fingerprint density at radius 1 is 0.365 bits per heavy atom. The molecular weight excluding hydrogens is 626 g/mol. The fourth-order valence-electron chi connectivity index (χ4n) is 7.38. The number of hydrogen-bond acceptors (Lipinski definition) is 0. The van der Waals surface area contributed by atoms with Crippen LogP contribution < -0.4 is 26.3 Å². The fraction of sp³-hybridized carbons (Fsp3) is 0.167. The Kier molecular flexibility index (Phi) is 14.0. The van der Waals surface area contributed by atoms with Crippen LogP contribution in [0.5, 0.6) is 0 Å². The molecule has 0 aliphatic heterocycles. The van der Waals surface area contributed by atoms with Crippen LogP contribution in [0.4, 0.5) is 11.4 Å².